The average Bonchev–Trinajstić information content (AvgIpc) is 3.38. The Balaban J connectivity index is 1.71. The highest BCUT2D eigenvalue weighted by molar-refractivity contribution is 7.18. The lowest BCUT2D eigenvalue weighted by Gasteiger charge is -2.22. The molecule has 7 nitrogen and oxygen atoms in total. The zero-order valence-corrected chi connectivity index (χ0v) is 16.9. The van der Waals surface area contributed by atoms with Crippen LogP contribution in [0.25, 0.3) is 10.6 Å². The number of rotatable bonds is 7. The van der Waals surface area contributed by atoms with Crippen molar-refractivity contribution in [1.29, 1.82) is 0 Å². The molecule has 146 valence electrons. The fourth-order valence-corrected chi connectivity index (χ4v) is 3.37. The number of anilines is 1. The Morgan fingerprint density at radius 1 is 1.21 bits per heavy atom. The van der Waals surface area contributed by atoms with Gasteiger partial charge in [0.15, 0.2) is 5.76 Å². The van der Waals surface area contributed by atoms with Crippen LogP contribution in [0.5, 0.6) is 0 Å². The Hall–Kier alpha value is -2.71. The van der Waals surface area contributed by atoms with E-state index in [4.69, 9.17) is 16.0 Å². The van der Waals surface area contributed by atoms with Crippen molar-refractivity contribution in [3.8, 4) is 10.6 Å². The number of aromatic nitrogens is 2. The topological polar surface area (TPSA) is 97.1 Å². The predicted molar refractivity (Wildman–Crippen MR) is 108 cm³/mol. The van der Waals surface area contributed by atoms with E-state index >= 15 is 0 Å². The van der Waals surface area contributed by atoms with Gasteiger partial charge in [0.1, 0.15) is 11.0 Å². The molecule has 0 unspecified atom stereocenters. The number of carbonyl (C=O) groups is 2. The molecule has 0 saturated carbocycles. The average molecular weight is 419 g/mol. The summed E-state index contributed by atoms with van der Waals surface area (Å²) in [5.74, 6) is -0.720. The molecule has 3 rings (SSSR count). The minimum atomic E-state index is -0.731. The molecule has 28 heavy (non-hydrogen) atoms. The number of furan rings is 1. The lowest BCUT2D eigenvalue weighted by atomic mass is 9.98. The van der Waals surface area contributed by atoms with Gasteiger partial charge in [-0.15, -0.1) is 10.2 Å². The minimum absolute atomic E-state index is 0.0810. The molecular formula is C19H19ClN4O3S. The molecule has 9 heteroatoms. The van der Waals surface area contributed by atoms with E-state index in [-0.39, 0.29) is 17.6 Å². The third-order valence-corrected chi connectivity index (χ3v) is 5.41. The second kappa shape index (κ2) is 8.99. The molecule has 0 aliphatic carbocycles. The van der Waals surface area contributed by atoms with Gasteiger partial charge in [0.25, 0.3) is 5.91 Å². The first-order chi connectivity index (χ1) is 13.5. The van der Waals surface area contributed by atoms with E-state index in [9.17, 15) is 9.59 Å². The van der Waals surface area contributed by atoms with Crippen molar-refractivity contribution in [2.75, 3.05) is 5.32 Å². The maximum absolute atomic E-state index is 12.8. The van der Waals surface area contributed by atoms with Crippen molar-refractivity contribution < 1.29 is 14.0 Å². The maximum atomic E-state index is 12.8. The van der Waals surface area contributed by atoms with Crippen LogP contribution >= 0.6 is 22.9 Å². The number of amides is 2. The van der Waals surface area contributed by atoms with Gasteiger partial charge < -0.3 is 9.73 Å². The normalized spacial score (nSPS) is 13.0. The first-order valence-corrected chi connectivity index (χ1v) is 9.92. The van der Waals surface area contributed by atoms with E-state index in [0.29, 0.717) is 21.6 Å². The van der Waals surface area contributed by atoms with Gasteiger partial charge in [-0.2, -0.15) is 0 Å². The number of hydrogen-bond acceptors (Lipinski definition) is 6. The Morgan fingerprint density at radius 3 is 2.61 bits per heavy atom. The van der Waals surface area contributed by atoms with Gasteiger partial charge in [-0.05, 0) is 30.2 Å². The first kappa shape index (κ1) is 20.0. The molecule has 0 aliphatic heterocycles. The maximum Gasteiger partial charge on any atom is 0.287 e. The van der Waals surface area contributed by atoms with Crippen LogP contribution in [-0.2, 0) is 4.79 Å². The molecule has 0 spiro atoms. The summed E-state index contributed by atoms with van der Waals surface area (Å²) in [6, 6.07) is 9.63. The zero-order chi connectivity index (χ0) is 20.1. The minimum Gasteiger partial charge on any atom is -0.459 e. The first-order valence-electron chi connectivity index (χ1n) is 8.72. The van der Waals surface area contributed by atoms with E-state index in [1.807, 2.05) is 26.0 Å². The van der Waals surface area contributed by atoms with Crippen molar-refractivity contribution in [2.24, 2.45) is 5.92 Å². The zero-order valence-electron chi connectivity index (χ0n) is 15.3. The fraction of sp³-hybridized carbons (Fsp3) is 0.263. The van der Waals surface area contributed by atoms with Crippen LogP contribution in [0.2, 0.25) is 5.02 Å². The van der Waals surface area contributed by atoms with Gasteiger partial charge in [0, 0.05) is 10.6 Å². The van der Waals surface area contributed by atoms with Crippen LogP contribution in [0.3, 0.4) is 0 Å². The molecule has 0 fully saturated rings. The van der Waals surface area contributed by atoms with Gasteiger partial charge >= 0.3 is 0 Å². The van der Waals surface area contributed by atoms with Crippen LogP contribution in [0.15, 0.2) is 47.1 Å². The largest absolute Gasteiger partial charge is 0.459 e. The Kier molecular flexibility index (Phi) is 6.43. The monoisotopic (exact) mass is 418 g/mol. The molecule has 0 bridgehead atoms. The van der Waals surface area contributed by atoms with E-state index in [1.165, 1.54) is 17.6 Å². The molecule has 2 amide bonds. The Morgan fingerprint density at radius 2 is 1.96 bits per heavy atom. The lowest BCUT2D eigenvalue weighted by Crippen LogP contribution is -2.47. The van der Waals surface area contributed by atoms with E-state index in [2.05, 4.69) is 20.8 Å². The quantitative estimate of drug-likeness (QED) is 0.598. The molecule has 2 heterocycles. The third kappa shape index (κ3) is 4.76. The highest BCUT2D eigenvalue weighted by Gasteiger charge is 2.28. The van der Waals surface area contributed by atoms with Gasteiger partial charge in [0.2, 0.25) is 11.0 Å². The van der Waals surface area contributed by atoms with Crippen molar-refractivity contribution >= 4 is 39.9 Å². The van der Waals surface area contributed by atoms with Gasteiger partial charge in [-0.25, -0.2) is 0 Å². The highest BCUT2D eigenvalue weighted by Crippen LogP contribution is 2.27. The summed E-state index contributed by atoms with van der Waals surface area (Å²) in [6.07, 6.45) is 2.12. The summed E-state index contributed by atoms with van der Waals surface area (Å²) in [7, 11) is 0. The van der Waals surface area contributed by atoms with Crippen LogP contribution in [0.4, 0.5) is 5.13 Å². The van der Waals surface area contributed by atoms with Crippen molar-refractivity contribution in [3.63, 3.8) is 0 Å². The van der Waals surface area contributed by atoms with Crippen LogP contribution in [-0.4, -0.2) is 28.1 Å². The number of hydrogen-bond donors (Lipinski definition) is 2. The van der Waals surface area contributed by atoms with E-state index in [0.717, 1.165) is 5.56 Å². The molecule has 3 aromatic rings. The van der Waals surface area contributed by atoms with Crippen molar-refractivity contribution in [1.82, 2.24) is 15.5 Å². The molecule has 2 atom stereocenters. The smallest absolute Gasteiger partial charge is 0.287 e. The Labute approximate surface area is 171 Å². The number of halogens is 1. The van der Waals surface area contributed by atoms with Crippen molar-refractivity contribution in [3.05, 3.63) is 53.4 Å². The van der Waals surface area contributed by atoms with Crippen LogP contribution < -0.4 is 10.6 Å². The molecule has 0 aliphatic rings. The van der Waals surface area contributed by atoms with E-state index in [1.54, 1.807) is 24.3 Å². The molecular weight excluding hydrogens is 400 g/mol. The van der Waals surface area contributed by atoms with Gasteiger partial charge in [-0.3, -0.25) is 14.9 Å². The molecule has 2 aromatic heterocycles. The fourth-order valence-electron chi connectivity index (χ4n) is 2.49. The number of benzene rings is 1. The number of carbonyl (C=O) groups excluding carboxylic acids is 2. The molecule has 2 N–H and O–H groups in total. The highest BCUT2D eigenvalue weighted by atomic mass is 35.5. The summed E-state index contributed by atoms with van der Waals surface area (Å²) in [5.41, 5.74) is 0.854. The summed E-state index contributed by atoms with van der Waals surface area (Å²) < 4.78 is 5.09. The van der Waals surface area contributed by atoms with Gasteiger partial charge in [-0.1, -0.05) is 55.3 Å². The standard InChI is InChI=1S/C19H19ClN4O3S/c1-3-11(2)15(21-16(25)14-5-4-10-27-14)17(26)22-19-24-23-18(28-19)12-6-8-13(20)9-7-12/h4-11,15H,3H2,1-2H3,(H,21,25)(H,22,24,26)/t11-,15-/m0/s1. The molecule has 0 radical (unpaired) electrons. The van der Waals surface area contributed by atoms with E-state index < -0.39 is 11.9 Å². The Bertz CT molecular complexity index is 941. The SMILES string of the molecule is CC[C@H](C)[C@H](NC(=O)c1ccco1)C(=O)Nc1nnc(-c2ccc(Cl)cc2)s1. The summed E-state index contributed by atoms with van der Waals surface area (Å²) in [4.78, 5) is 25.1. The van der Waals surface area contributed by atoms with Gasteiger partial charge in [0.05, 0.1) is 6.26 Å². The summed E-state index contributed by atoms with van der Waals surface area (Å²) in [5, 5.41) is 15.2. The molecule has 1 aromatic carbocycles. The summed E-state index contributed by atoms with van der Waals surface area (Å²) in [6.45, 7) is 3.85. The third-order valence-electron chi connectivity index (χ3n) is 4.27. The second-order valence-corrected chi connectivity index (χ2v) is 7.64. The van der Waals surface area contributed by atoms with Crippen molar-refractivity contribution in [2.45, 2.75) is 26.3 Å². The second-order valence-electron chi connectivity index (χ2n) is 6.22. The van der Waals surface area contributed by atoms with Crippen LogP contribution in [0.1, 0.15) is 30.8 Å². The van der Waals surface area contributed by atoms with Crippen LogP contribution in [0, 0.1) is 5.92 Å². The number of nitrogens with one attached hydrogen (secondary N) is 2. The lowest BCUT2D eigenvalue weighted by molar-refractivity contribution is -0.119. The molecule has 0 saturated heterocycles. The number of nitrogens with zero attached hydrogens (tertiary/aromatic N) is 2. The summed E-state index contributed by atoms with van der Waals surface area (Å²) >= 11 is 7.14. The predicted octanol–water partition coefficient (Wildman–Crippen LogP) is 4.23.